The Morgan fingerprint density at radius 2 is 2.21 bits per heavy atom. The molecule has 3 N–H and O–H groups in total. The van der Waals surface area contributed by atoms with Crippen molar-refractivity contribution in [1.29, 1.82) is 0 Å². The molecule has 0 radical (unpaired) electrons. The second-order valence-corrected chi connectivity index (χ2v) is 5.20. The van der Waals surface area contributed by atoms with Crippen molar-refractivity contribution in [3.8, 4) is 0 Å². The quantitative estimate of drug-likeness (QED) is 0.827. The van der Waals surface area contributed by atoms with Crippen molar-refractivity contribution in [3.05, 3.63) is 30.5 Å². The number of anilines is 2. The Hall–Kier alpha value is -1.81. The second kappa shape index (κ2) is 4.70. The predicted octanol–water partition coefficient (Wildman–Crippen LogP) is 2.80. The molecule has 1 aromatic heterocycles. The van der Waals surface area contributed by atoms with E-state index in [2.05, 4.69) is 10.3 Å². The van der Waals surface area contributed by atoms with Gasteiger partial charge in [-0.1, -0.05) is 0 Å². The van der Waals surface area contributed by atoms with Gasteiger partial charge in [0.15, 0.2) is 0 Å². The number of benzene rings is 1. The van der Waals surface area contributed by atoms with E-state index in [1.165, 1.54) is 6.42 Å². The molecule has 1 fully saturated rings. The Morgan fingerprint density at radius 1 is 1.37 bits per heavy atom. The average Bonchev–Trinajstić information content (AvgIpc) is 2.41. The van der Waals surface area contributed by atoms with Gasteiger partial charge in [-0.3, -0.25) is 4.98 Å². The van der Waals surface area contributed by atoms with Crippen LogP contribution in [0.2, 0.25) is 0 Å². The van der Waals surface area contributed by atoms with Gasteiger partial charge in [-0.25, -0.2) is 0 Å². The number of nitrogens with zero attached hydrogens (tertiary/aromatic N) is 1. The van der Waals surface area contributed by atoms with Crippen LogP contribution in [0.25, 0.3) is 10.9 Å². The molecule has 1 saturated carbocycles. The first-order chi connectivity index (χ1) is 9.24. The maximum Gasteiger partial charge on any atom is 0.0951 e. The lowest BCUT2D eigenvalue weighted by Gasteiger charge is -2.40. The highest BCUT2D eigenvalue weighted by atomic mass is 16.5. The highest BCUT2D eigenvalue weighted by molar-refractivity contribution is 5.98. The van der Waals surface area contributed by atoms with Crippen LogP contribution in [0.5, 0.6) is 0 Å². The third-order valence-electron chi connectivity index (χ3n) is 4.10. The summed E-state index contributed by atoms with van der Waals surface area (Å²) in [4.78, 5) is 4.34. The molecule has 3 rings (SSSR count). The molecule has 0 amide bonds. The van der Waals surface area contributed by atoms with E-state index < -0.39 is 0 Å². The maximum atomic E-state index is 5.96. The van der Waals surface area contributed by atoms with Crippen LogP contribution in [0.1, 0.15) is 19.3 Å². The topological polar surface area (TPSA) is 60.2 Å². The number of methoxy groups -OCH3 is 1. The van der Waals surface area contributed by atoms with E-state index in [-0.39, 0.29) is 5.60 Å². The number of ether oxygens (including phenoxy) is 1. The monoisotopic (exact) mass is 257 g/mol. The molecule has 0 aliphatic heterocycles. The number of nitrogens with one attached hydrogen (secondary N) is 1. The zero-order valence-electron chi connectivity index (χ0n) is 11.1. The summed E-state index contributed by atoms with van der Waals surface area (Å²) in [6, 6.07) is 7.89. The summed E-state index contributed by atoms with van der Waals surface area (Å²) in [6.07, 6.45) is 5.27. The number of pyridine rings is 1. The fraction of sp³-hybridized carbons (Fsp3) is 0.400. The molecule has 4 heteroatoms. The molecule has 1 aromatic carbocycles. The minimum atomic E-state index is 0.00984. The third-order valence-corrected chi connectivity index (χ3v) is 4.10. The minimum absolute atomic E-state index is 0.00984. The van der Waals surface area contributed by atoms with Crippen molar-refractivity contribution in [1.82, 2.24) is 4.98 Å². The summed E-state index contributed by atoms with van der Waals surface area (Å²) in [7, 11) is 1.80. The summed E-state index contributed by atoms with van der Waals surface area (Å²) >= 11 is 0. The zero-order chi connectivity index (χ0) is 13.3. The van der Waals surface area contributed by atoms with E-state index in [0.717, 1.165) is 36.0 Å². The first-order valence-corrected chi connectivity index (χ1v) is 6.66. The molecule has 4 nitrogen and oxygen atoms in total. The summed E-state index contributed by atoms with van der Waals surface area (Å²) in [5.41, 5.74) is 8.60. The third kappa shape index (κ3) is 2.12. The Labute approximate surface area is 113 Å². The molecule has 0 unspecified atom stereocenters. The summed E-state index contributed by atoms with van der Waals surface area (Å²) in [5, 5.41) is 4.55. The van der Waals surface area contributed by atoms with Gasteiger partial charge < -0.3 is 15.8 Å². The Bertz CT molecular complexity index is 587. The molecule has 0 saturated heterocycles. The van der Waals surface area contributed by atoms with E-state index >= 15 is 0 Å². The Balaban J connectivity index is 1.87. The van der Waals surface area contributed by atoms with Gasteiger partial charge in [-0.2, -0.15) is 0 Å². The Kier molecular flexibility index (Phi) is 3.03. The normalized spacial score (nSPS) is 17.1. The van der Waals surface area contributed by atoms with Crippen LogP contribution < -0.4 is 11.1 Å². The van der Waals surface area contributed by atoms with Crippen molar-refractivity contribution in [3.63, 3.8) is 0 Å². The first-order valence-electron chi connectivity index (χ1n) is 6.66. The molecule has 100 valence electrons. The van der Waals surface area contributed by atoms with Crippen molar-refractivity contribution in [2.45, 2.75) is 24.9 Å². The predicted molar refractivity (Wildman–Crippen MR) is 78.2 cm³/mol. The number of aromatic nitrogens is 1. The van der Waals surface area contributed by atoms with Gasteiger partial charge in [-0.05, 0) is 43.5 Å². The van der Waals surface area contributed by atoms with Crippen LogP contribution in [-0.2, 0) is 4.74 Å². The van der Waals surface area contributed by atoms with Crippen LogP contribution in [-0.4, -0.2) is 24.2 Å². The fourth-order valence-corrected chi connectivity index (χ4v) is 2.63. The highest BCUT2D eigenvalue weighted by Crippen LogP contribution is 2.36. The van der Waals surface area contributed by atoms with Crippen LogP contribution in [0.3, 0.4) is 0 Å². The SMILES string of the molecule is COC1(CNc2ccc(N)c3ncccc23)CCC1. The lowest BCUT2D eigenvalue weighted by Crippen LogP contribution is -2.45. The summed E-state index contributed by atoms with van der Waals surface area (Å²) in [6.45, 7) is 0.831. The van der Waals surface area contributed by atoms with Crippen molar-refractivity contribution < 1.29 is 4.74 Å². The number of rotatable bonds is 4. The van der Waals surface area contributed by atoms with Crippen molar-refractivity contribution >= 4 is 22.3 Å². The highest BCUT2D eigenvalue weighted by Gasteiger charge is 2.36. The fourth-order valence-electron chi connectivity index (χ4n) is 2.63. The molecular weight excluding hydrogens is 238 g/mol. The number of fused-ring (bicyclic) bond motifs is 1. The van der Waals surface area contributed by atoms with Crippen LogP contribution >= 0.6 is 0 Å². The van der Waals surface area contributed by atoms with Crippen LogP contribution in [0.15, 0.2) is 30.5 Å². The lowest BCUT2D eigenvalue weighted by molar-refractivity contribution is -0.0601. The molecule has 0 spiro atoms. The van der Waals surface area contributed by atoms with Gasteiger partial charge in [0.25, 0.3) is 0 Å². The summed E-state index contributed by atoms with van der Waals surface area (Å²) < 4.78 is 5.63. The largest absolute Gasteiger partial charge is 0.397 e. The van der Waals surface area contributed by atoms with E-state index in [1.807, 2.05) is 24.3 Å². The first kappa shape index (κ1) is 12.2. The molecule has 0 atom stereocenters. The number of hydrogen-bond donors (Lipinski definition) is 2. The van der Waals surface area contributed by atoms with E-state index in [0.29, 0.717) is 5.69 Å². The number of nitrogen functional groups attached to an aromatic ring is 1. The minimum Gasteiger partial charge on any atom is -0.397 e. The van der Waals surface area contributed by atoms with Crippen LogP contribution in [0.4, 0.5) is 11.4 Å². The van der Waals surface area contributed by atoms with Gasteiger partial charge >= 0.3 is 0 Å². The van der Waals surface area contributed by atoms with Gasteiger partial charge in [0.05, 0.1) is 16.8 Å². The Morgan fingerprint density at radius 3 is 2.89 bits per heavy atom. The molecule has 1 aliphatic carbocycles. The summed E-state index contributed by atoms with van der Waals surface area (Å²) in [5.74, 6) is 0. The van der Waals surface area contributed by atoms with Gasteiger partial charge in [0.1, 0.15) is 0 Å². The van der Waals surface area contributed by atoms with Gasteiger partial charge in [-0.15, -0.1) is 0 Å². The molecule has 0 bridgehead atoms. The molecule has 19 heavy (non-hydrogen) atoms. The van der Waals surface area contributed by atoms with Gasteiger partial charge in [0.2, 0.25) is 0 Å². The van der Waals surface area contributed by atoms with Crippen molar-refractivity contribution in [2.24, 2.45) is 0 Å². The molecular formula is C15H19N3O. The van der Waals surface area contributed by atoms with Crippen LogP contribution in [0, 0.1) is 0 Å². The zero-order valence-corrected chi connectivity index (χ0v) is 11.1. The van der Waals surface area contributed by atoms with E-state index in [1.54, 1.807) is 13.3 Å². The second-order valence-electron chi connectivity index (χ2n) is 5.20. The number of hydrogen-bond acceptors (Lipinski definition) is 4. The van der Waals surface area contributed by atoms with E-state index in [4.69, 9.17) is 10.5 Å². The van der Waals surface area contributed by atoms with Gasteiger partial charge in [0, 0.05) is 30.9 Å². The van der Waals surface area contributed by atoms with Crippen molar-refractivity contribution in [2.75, 3.05) is 24.7 Å². The standard InChI is InChI=1S/C15H19N3O/c1-19-15(7-3-8-15)10-18-13-6-5-12(16)14-11(13)4-2-9-17-14/h2,4-6,9,18H,3,7-8,10,16H2,1H3. The average molecular weight is 257 g/mol. The smallest absolute Gasteiger partial charge is 0.0951 e. The maximum absolute atomic E-state index is 5.96. The lowest BCUT2D eigenvalue weighted by atomic mass is 9.80. The molecule has 2 aromatic rings. The van der Waals surface area contributed by atoms with E-state index in [9.17, 15) is 0 Å². The number of nitrogens with two attached hydrogens (primary N) is 1. The molecule has 1 heterocycles. The molecule has 1 aliphatic rings.